The Hall–Kier alpha value is -1.01. The van der Waals surface area contributed by atoms with E-state index in [1.54, 1.807) is 13.4 Å². The molecule has 0 radical (unpaired) electrons. The Morgan fingerprint density at radius 2 is 1.54 bits per heavy atom. The van der Waals surface area contributed by atoms with Gasteiger partial charge < -0.3 is 9.67 Å². The molecule has 0 unspecified atom stereocenters. The van der Waals surface area contributed by atoms with Crippen molar-refractivity contribution in [1.29, 1.82) is 0 Å². The second-order valence-corrected chi connectivity index (χ2v) is 6.22. The number of aryl methyl sites for hydroxylation is 1. The number of aliphatic hydroxyl groups excluding tert-OH is 1. The minimum atomic E-state index is -0.363. The first-order valence-corrected chi connectivity index (χ1v) is 8.19. The van der Waals surface area contributed by atoms with Crippen molar-refractivity contribution >= 4 is 45.1 Å². The predicted molar refractivity (Wildman–Crippen MR) is 111 cm³/mol. The molecule has 0 saturated carbocycles. The third-order valence-electron chi connectivity index (χ3n) is 4.76. The van der Waals surface area contributed by atoms with Crippen LogP contribution in [0.3, 0.4) is 0 Å². The summed E-state index contributed by atoms with van der Waals surface area (Å²) < 4.78 is 4.35. The number of aromatic nitrogens is 4. The van der Waals surface area contributed by atoms with Gasteiger partial charge in [-0.15, -0.1) is 34.0 Å². The fourth-order valence-electron chi connectivity index (χ4n) is 3.19. The lowest BCUT2D eigenvalue weighted by Crippen LogP contribution is -2.47. The van der Waals surface area contributed by atoms with Crippen LogP contribution >= 0.6 is 34.0 Å². The summed E-state index contributed by atoms with van der Waals surface area (Å²) in [5.41, 5.74) is 0.227. The highest BCUT2D eigenvalue weighted by Crippen LogP contribution is 2.07. The molecule has 3 rings (SSSR count). The first-order valence-electron chi connectivity index (χ1n) is 8.19. The summed E-state index contributed by atoms with van der Waals surface area (Å²) in [6, 6.07) is 0. The zero-order valence-corrected chi connectivity index (χ0v) is 18.4. The van der Waals surface area contributed by atoms with Crippen molar-refractivity contribution in [1.82, 2.24) is 28.5 Å². The maximum Gasteiger partial charge on any atom is 0.332 e. The summed E-state index contributed by atoms with van der Waals surface area (Å²) in [6.07, 6.45) is 1.63. The van der Waals surface area contributed by atoms with E-state index in [2.05, 4.69) is 14.8 Å². The number of β-amino-alcohol motifs (C(OH)–C–C–N with tert-alkyl or cyclic N) is 1. The molecule has 1 aliphatic rings. The largest absolute Gasteiger partial charge is 0.395 e. The number of hydrogen-bond donors (Lipinski definition) is 1. The van der Waals surface area contributed by atoms with E-state index in [0.29, 0.717) is 17.7 Å². The minimum Gasteiger partial charge on any atom is -0.395 e. The summed E-state index contributed by atoms with van der Waals surface area (Å²) in [5, 5.41) is 8.98. The van der Waals surface area contributed by atoms with Gasteiger partial charge in [0.2, 0.25) is 0 Å². The second kappa shape index (κ2) is 9.79. The van der Waals surface area contributed by atoms with Crippen LogP contribution in [0.1, 0.15) is 0 Å². The number of piperazine rings is 1. The molecule has 1 saturated heterocycles. The Bertz CT molecular complexity index is 838. The van der Waals surface area contributed by atoms with E-state index in [4.69, 9.17) is 5.11 Å². The third-order valence-corrected chi connectivity index (χ3v) is 4.76. The van der Waals surface area contributed by atoms with Gasteiger partial charge in [0, 0.05) is 59.9 Å². The number of fused-ring (bicyclic) bond motifs is 1. The van der Waals surface area contributed by atoms with E-state index in [1.807, 2.05) is 4.57 Å². The summed E-state index contributed by atoms with van der Waals surface area (Å²) >= 11 is 0. The first kappa shape index (κ1) is 23.0. The van der Waals surface area contributed by atoms with Crippen LogP contribution in [0.4, 0.5) is 0 Å². The fourth-order valence-corrected chi connectivity index (χ4v) is 3.19. The van der Waals surface area contributed by atoms with Gasteiger partial charge in [-0.2, -0.15) is 0 Å². The van der Waals surface area contributed by atoms with E-state index < -0.39 is 0 Å². The zero-order chi connectivity index (χ0) is 17.3. The van der Waals surface area contributed by atoms with Gasteiger partial charge in [0.25, 0.3) is 5.56 Å². The van der Waals surface area contributed by atoms with Crippen LogP contribution in [0.15, 0.2) is 15.9 Å². The average molecular weight is 498 g/mol. The molecule has 3 heterocycles. The van der Waals surface area contributed by atoms with Crippen LogP contribution in [-0.4, -0.2) is 79.5 Å². The van der Waals surface area contributed by atoms with Crippen molar-refractivity contribution in [3.8, 4) is 0 Å². The monoisotopic (exact) mass is 496 g/mol. The number of imidazole rings is 1. The highest BCUT2D eigenvalue weighted by atomic mass is 79.9. The zero-order valence-electron chi connectivity index (χ0n) is 15.0. The Balaban J connectivity index is 0.00000169. The van der Waals surface area contributed by atoms with Crippen molar-refractivity contribution in [2.24, 2.45) is 14.1 Å². The summed E-state index contributed by atoms with van der Waals surface area (Å²) in [7, 11) is 3.11. The lowest BCUT2D eigenvalue weighted by Gasteiger charge is -2.34. The van der Waals surface area contributed by atoms with Gasteiger partial charge in [-0.25, -0.2) is 9.78 Å². The lowest BCUT2D eigenvalue weighted by atomic mass is 10.3. The molecule has 1 fully saturated rings. The molecule has 9 nitrogen and oxygen atoms in total. The molecule has 0 atom stereocenters. The Morgan fingerprint density at radius 3 is 2.12 bits per heavy atom. The lowest BCUT2D eigenvalue weighted by molar-refractivity contribution is 0.110. The molecule has 1 aliphatic heterocycles. The van der Waals surface area contributed by atoms with Crippen LogP contribution in [0.25, 0.3) is 11.2 Å². The minimum absolute atomic E-state index is 0. The molecule has 26 heavy (non-hydrogen) atoms. The highest BCUT2D eigenvalue weighted by molar-refractivity contribution is 8.93. The molecular weight excluding hydrogens is 472 g/mol. The van der Waals surface area contributed by atoms with Crippen LogP contribution in [0.2, 0.25) is 0 Å². The van der Waals surface area contributed by atoms with Gasteiger partial charge in [0.05, 0.1) is 12.9 Å². The van der Waals surface area contributed by atoms with Crippen molar-refractivity contribution in [2.75, 3.05) is 45.9 Å². The molecule has 148 valence electrons. The van der Waals surface area contributed by atoms with E-state index in [-0.39, 0.29) is 51.8 Å². The standard InChI is InChI=1S/C15H24N6O3.2BrH/c1-17-13-12(14(23)18(2)15(17)24)21(11-16-13)8-7-19-3-5-20(6-4-19)9-10-22;;/h11,22H,3-10H2,1-2H3;2*1H. The quantitative estimate of drug-likeness (QED) is 0.581. The first-order chi connectivity index (χ1) is 11.5. The number of halogens is 2. The van der Waals surface area contributed by atoms with Gasteiger partial charge in [-0.05, 0) is 0 Å². The third kappa shape index (κ3) is 4.45. The van der Waals surface area contributed by atoms with Gasteiger partial charge >= 0.3 is 5.69 Å². The summed E-state index contributed by atoms with van der Waals surface area (Å²) in [6.45, 7) is 6.19. The fraction of sp³-hybridized carbons (Fsp3) is 0.667. The molecular formula is C15H26Br2N6O3. The van der Waals surface area contributed by atoms with Crippen molar-refractivity contribution in [3.05, 3.63) is 27.2 Å². The normalized spacial score (nSPS) is 15.7. The summed E-state index contributed by atoms with van der Waals surface area (Å²) in [5.74, 6) is 0. The van der Waals surface area contributed by atoms with Gasteiger partial charge in [0.1, 0.15) is 0 Å². The Kier molecular flexibility index (Phi) is 8.67. The number of rotatable bonds is 5. The van der Waals surface area contributed by atoms with Crippen LogP contribution in [0.5, 0.6) is 0 Å². The Morgan fingerprint density at radius 1 is 0.962 bits per heavy atom. The van der Waals surface area contributed by atoms with E-state index in [0.717, 1.165) is 43.8 Å². The molecule has 11 heteroatoms. The summed E-state index contributed by atoms with van der Waals surface area (Å²) in [4.78, 5) is 33.2. The molecule has 0 bridgehead atoms. The molecule has 0 aromatic carbocycles. The van der Waals surface area contributed by atoms with Crippen LogP contribution < -0.4 is 11.2 Å². The maximum absolute atomic E-state index is 12.4. The number of nitrogens with zero attached hydrogens (tertiary/aromatic N) is 6. The van der Waals surface area contributed by atoms with Gasteiger partial charge in [0.15, 0.2) is 11.2 Å². The maximum atomic E-state index is 12.4. The smallest absolute Gasteiger partial charge is 0.332 e. The highest BCUT2D eigenvalue weighted by Gasteiger charge is 2.18. The van der Waals surface area contributed by atoms with Gasteiger partial charge in [-0.3, -0.25) is 23.7 Å². The van der Waals surface area contributed by atoms with Crippen LogP contribution in [0, 0.1) is 0 Å². The molecule has 0 aliphatic carbocycles. The predicted octanol–water partition coefficient (Wildman–Crippen LogP) is -0.801. The van der Waals surface area contributed by atoms with Crippen LogP contribution in [-0.2, 0) is 20.6 Å². The molecule has 2 aromatic rings. The van der Waals surface area contributed by atoms with Crippen molar-refractivity contribution in [3.63, 3.8) is 0 Å². The number of hydrogen-bond acceptors (Lipinski definition) is 6. The van der Waals surface area contributed by atoms with Crippen molar-refractivity contribution < 1.29 is 5.11 Å². The SMILES string of the molecule is Br.Br.Cn1c(=O)c2c(ncn2CCN2CCN(CCO)CC2)n(C)c1=O. The van der Waals surface area contributed by atoms with Crippen molar-refractivity contribution in [2.45, 2.75) is 6.54 Å². The van der Waals surface area contributed by atoms with Gasteiger partial charge in [-0.1, -0.05) is 0 Å². The van der Waals surface area contributed by atoms with E-state index in [1.165, 1.54) is 11.6 Å². The molecule has 0 spiro atoms. The van der Waals surface area contributed by atoms with E-state index in [9.17, 15) is 9.59 Å². The average Bonchev–Trinajstić information content (AvgIpc) is 3.02. The molecule has 0 amide bonds. The second-order valence-electron chi connectivity index (χ2n) is 6.22. The molecule has 2 aromatic heterocycles. The Labute approximate surface area is 172 Å². The van der Waals surface area contributed by atoms with E-state index >= 15 is 0 Å². The number of aliphatic hydroxyl groups is 1. The topological polar surface area (TPSA) is 88.5 Å². The molecule has 1 N–H and O–H groups in total.